The van der Waals surface area contributed by atoms with Gasteiger partial charge in [-0.1, -0.05) is 18.2 Å². The highest BCUT2D eigenvalue weighted by Gasteiger charge is 2.14. The van der Waals surface area contributed by atoms with Gasteiger partial charge in [-0.25, -0.2) is 14.8 Å². The van der Waals surface area contributed by atoms with Gasteiger partial charge in [-0.2, -0.15) is 0 Å². The number of benzene rings is 2. The van der Waals surface area contributed by atoms with Crippen LogP contribution in [0.1, 0.15) is 21.5 Å². The van der Waals surface area contributed by atoms with E-state index in [0.29, 0.717) is 5.82 Å². The molecule has 0 saturated carbocycles. The summed E-state index contributed by atoms with van der Waals surface area (Å²) in [5.41, 5.74) is 5.73. The number of carboxylic acid groups (broad SMARTS) is 1. The molecule has 2 aromatic carbocycles. The molecule has 0 atom stereocenters. The fourth-order valence-corrected chi connectivity index (χ4v) is 3.84. The third kappa shape index (κ3) is 3.69. The van der Waals surface area contributed by atoms with Crippen LogP contribution in [-0.2, 0) is 0 Å². The van der Waals surface area contributed by atoms with E-state index in [2.05, 4.69) is 52.7 Å². The van der Waals surface area contributed by atoms with E-state index in [0.717, 1.165) is 27.0 Å². The minimum absolute atomic E-state index is 0. The fraction of sp³-hybridized carbons (Fsp3) is 0.0952. The topological polar surface area (TPSA) is 75.1 Å². The third-order valence-electron chi connectivity index (χ3n) is 4.58. The van der Waals surface area contributed by atoms with Gasteiger partial charge in [0.15, 0.2) is 0 Å². The molecule has 7 heteroatoms. The van der Waals surface area contributed by atoms with Gasteiger partial charge >= 0.3 is 5.97 Å². The summed E-state index contributed by atoms with van der Waals surface area (Å²) in [5.74, 6) is -0.238. The van der Waals surface area contributed by atoms with Crippen LogP contribution < -0.4 is 5.32 Å². The second-order valence-electron chi connectivity index (χ2n) is 6.36. The highest BCUT2D eigenvalue weighted by atomic mass is 35.5. The van der Waals surface area contributed by atoms with E-state index in [1.54, 1.807) is 35.6 Å². The molecular formula is C21H18ClN3O2S. The van der Waals surface area contributed by atoms with Crippen molar-refractivity contribution in [1.29, 1.82) is 0 Å². The Bertz CT molecular complexity index is 1160. The van der Waals surface area contributed by atoms with E-state index in [1.807, 2.05) is 0 Å². The van der Waals surface area contributed by atoms with Gasteiger partial charge in [-0.05, 0) is 54.8 Å². The van der Waals surface area contributed by atoms with E-state index < -0.39 is 5.97 Å². The summed E-state index contributed by atoms with van der Waals surface area (Å²) in [7, 11) is 0. The smallest absolute Gasteiger partial charge is 0.335 e. The molecule has 0 aliphatic rings. The zero-order chi connectivity index (χ0) is 19.0. The summed E-state index contributed by atoms with van der Waals surface area (Å²) in [4.78, 5) is 20.8. The summed E-state index contributed by atoms with van der Waals surface area (Å²) in [6.07, 6.45) is 1.54. The predicted molar refractivity (Wildman–Crippen MR) is 116 cm³/mol. The van der Waals surface area contributed by atoms with Crippen LogP contribution in [-0.4, -0.2) is 21.0 Å². The molecular weight excluding hydrogens is 394 g/mol. The van der Waals surface area contributed by atoms with E-state index in [4.69, 9.17) is 5.11 Å². The van der Waals surface area contributed by atoms with Gasteiger partial charge in [0.25, 0.3) is 0 Å². The van der Waals surface area contributed by atoms with Crippen molar-refractivity contribution < 1.29 is 9.90 Å². The van der Waals surface area contributed by atoms with Crippen molar-refractivity contribution in [2.45, 2.75) is 13.8 Å². The lowest BCUT2D eigenvalue weighted by molar-refractivity contribution is 0.0697. The van der Waals surface area contributed by atoms with Crippen LogP contribution >= 0.6 is 23.7 Å². The number of carbonyl (C=O) groups is 1. The van der Waals surface area contributed by atoms with Gasteiger partial charge in [0, 0.05) is 16.6 Å². The fourth-order valence-electron chi connectivity index (χ4n) is 2.92. The van der Waals surface area contributed by atoms with Crippen molar-refractivity contribution in [2.75, 3.05) is 5.32 Å². The molecule has 0 saturated heterocycles. The van der Waals surface area contributed by atoms with Crippen molar-refractivity contribution in [3.05, 3.63) is 70.9 Å². The molecule has 2 N–H and O–H groups in total. The van der Waals surface area contributed by atoms with Gasteiger partial charge in [-0.15, -0.1) is 23.7 Å². The summed E-state index contributed by atoms with van der Waals surface area (Å²) in [6, 6.07) is 13.0. The summed E-state index contributed by atoms with van der Waals surface area (Å²) in [5, 5.41) is 15.4. The number of nitrogens with zero attached hydrogens (tertiary/aromatic N) is 2. The quantitative estimate of drug-likeness (QED) is 0.441. The zero-order valence-corrected chi connectivity index (χ0v) is 16.9. The van der Waals surface area contributed by atoms with Crippen LogP contribution in [0, 0.1) is 13.8 Å². The number of hydrogen-bond acceptors (Lipinski definition) is 5. The average Bonchev–Trinajstić information content (AvgIpc) is 3.10. The zero-order valence-electron chi connectivity index (χ0n) is 15.3. The number of halogens is 1. The molecule has 0 bridgehead atoms. The molecule has 2 heterocycles. The van der Waals surface area contributed by atoms with Gasteiger partial charge in [0.2, 0.25) is 0 Å². The van der Waals surface area contributed by atoms with Crippen molar-refractivity contribution in [1.82, 2.24) is 9.97 Å². The molecule has 28 heavy (non-hydrogen) atoms. The third-order valence-corrected chi connectivity index (χ3v) is 5.47. The Labute approximate surface area is 172 Å². The van der Waals surface area contributed by atoms with Crippen LogP contribution in [0.3, 0.4) is 0 Å². The van der Waals surface area contributed by atoms with Gasteiger partial charge in [0.05, 0.1) is 10.9 Å². The average molecular weight is 412 g/mol. The van der Waals surface area contributed by atoms with Crippen LogP contribution in [0.15, 0.2) is 54.2 Å². The number of carboxylic acids is 1. The number of aromatic carboxylic acids is 1. The molecule has 2 aromatic heterocycles. The summed E-state index contributed by atoms with van der Waals surface area (Å²) >= 11 is 1.58. The van der Waals surface area contributed by atoms with E-state index in [1.165, 1.54) is 17.5 Å². The summed E-state index contributed by atoms with van der Waals surface area (Å²) in [6.45, 7) is 4.20. The van der Waals surface area contributed by atoms with Gasteiger partial charge < -0.3 is 10.4 Å². The van der Waals surface area contributed by atoms with Crippen LogP contribution in [0.25, 0.3) is 21.3 Å². The van der Waals surface area contributed by atoms with Crippen molar-refractivity contribution in [2.24, 2.45) is 0 Å². The van der Waals surface area contributed by atoms with E-state index in [9.17, 15) is 4.79 Å². The van der Waals surface area contributed by atoms with Crippen molar-refractivity contribution in [3.8, 4) is 11.1 Å². The lowest BCUT2D eigenvalue weighted by atomic mass is 10.0. The molecule has 5 nitrogen and oxygen atoms in total. The molecule has 4 rings (SSSR count). The molecule has 0 aliphatic carbocycles. The Hall–Kier alpha value is -2.96. The Morgan fingerprint density at radius 3 is 2.46 bits per heavy atom. The maximum absolute atomic E-state index is 11.0. The molecule has 0 spiro atoms. The molecule has 0 amide bonds. The number of thiophene rings is 1. The largest absolute Gasteiger partial charge is 0.478 e. The van der Waals surface area contributed by atoms with Gasteiger partial charge in [-0.3, -0.25) is 0 Å². The number of aromatic nitrogens is 2. The maximum Gasteiger partial charge on any atom is 0.335 e. The Morgan fingerprint density at radius 1 is 1.04 bits per heavy atom. The maximum atomic E-state index is 11.0. The lowest BCUT2D eigenvalue weighted by Gasteiger charge is -2.09. The first-order valence-electron chi connectivity index (χ1n) is 8.43. The van der Waals surface area contributed by atoms with E-state index >= 15 is 0 Å². The summed E-state index contributed by atoms with van der Waals surface area (Å²) < 4.78 is 0. The molecule has 0 aliphatic heterocycles. The number of rotatable bonds is 4. The van der Waals surface area contributed by atoms with Crippen LogP contribution in [0.4, 0.5) is 11.5 Å². The normalized spacial score (nSPS) is 10.5. The molecule has 0 fully saturated rings. The molecule has 0 radical (unpaired) electrons. The molecule has 142 valence electrons. The second kappa shape index (κ2) is 7.96. The number of anilines is 2. The van der Waals surface area contributed by atoms with Gasteiger partial charge in [0.1, 0.15) is 17.0 Å². The lowest BCUT2D eigenvalue weighted by Crippen LogP contribution is -1.98. The minimum Gasteiger partial charge on any atom is -0.478 e. The Kier molecular flexibility index (Phi) is 5.63. The first kappa shape index (κ1) is 19.8. The number of nitrogens with one attached hydrogen (secondary N) is 1. The minimum atomic E-state index is -0.944. The number of fused-ring (bicyclic) bond motifs is 1. The predicted octanol–water partition coefficient (Wildman–Crippen LogP) is 5.84. The van der Waals surface area contributed by atoms with E-state index in [-0.39, 0.29) is 18.0 Å². The SMILES string of the molecule is Cc1ccc(-c2csc3ncnc(Nc4ccc(C(=O)O)cc4)c23)cc1C.Cl. The highest BCUT2D eigenvalue weighted by molar-refractivity contribution is 7.17. The Balaban J connectivity index is 0.00000225. The first-order chi connectivity index (χ1) is 13.0. The number of hydrogen-bond donors (Lipinski definition) is 2. The van der Waals surface area contributed by atoms with Crippen molar-refractivity contribution in [3.63, 3.8) is 0 Å². The monoisotopic (exact) mass is 411 g/mol. The van der Waals surface area contributed by atoms with Crippen molar-refractivity contribution >= 4 is 51.4 Å². The second-order valence-corrected chi connectivity index (χ2v) is 7.22. The molecule has 0 unspecified atom stereocenters. The first-order valence-corrected chi connectivity index (χ1v) is 9.31. The Morgan fingerprint density at radius 2 is 1.79 bits per heavy atom. The molecule has 4 aromatic rings. The standard InChI is InChI=1S/C21H17N3O2S.ClH/c1-12-3-4-15(9-13(12)2)17-10-27-20-18(17)19(22-11-23-20)24-16-7-5-14(6-8-16)21(25)26;/h3-11H,1-2H3,(H,25,26)(H,22,23,24);1H. The highest BCUT2D eigenvalue weighted by Crippen LogP contribution is 2.37. The van der Waals surface area contributed by atoms with Crippen LogP contribution in [0.5, 0.6) is 0 Å². The van der Waals surface area contributed by atoms with Crippen LogP contribution in [0.2, 0.25) is 0 Å². The number of aryl methyl sites for hydroxylation is 2.